The Bertz CT molecular complexity index is 516. The SMILES string of the molecule is NCC/C=C/c1ccc(-c2ccccc2Cl)s1. The zero-order chi connectivity index (χ0) is 12.1. The van der Waals surface area contributed by atoms with Crippen LogP contribution in [0.2, 0.25) is 5.02 Å². The number of halogens is 1. The van der Waals surface area contributed by atoms with Crippen LogP contribution in [-0.4, -0.2) is 6.54 Å². The molecular formula is C14H14ClNS. The Morgan fingerprint density at radius 3 is 2.76 bits per heavy atom. The highest BCUT2D eigenvalue weighted by Crippen LogP contribution is 2.33. The first-order valence-corrected chi connectivity index (χ1v) is 6.72. The fourth-order valence-electron chi connectivity index (χ4n) is 1.54. The van der Waals surface area contributed by atoms with E-state index in [-0.39, 0.29) is 0 Å². The molecular weight excluding hydrogens is 250 g/mol. The standard InChI is InChI=1S/C14H14ClNS/c15-13-7-2-1-6-12(13)14-9-8-11(17-14)5-3-4-10-16/h1-3,5-9H,4,10,16H2/b5-3+. The third-order valence-electron chi connectivity index (χ3n) is 2.38. The van der Waals surface area contributed by atoms with Crippen molar-refractivity contribution in [1.29, 1.82) is 0 Å². The molecule has 0 spiro atoms. The fourth-order valence-corrected chi connectivity index (χ4v) is 2.82. The predicted molar refractivity (Wildman–Crippen MR) is 77.5 cm³/mol. The summed E-state index contributed by atoms with van der Waals surface area (Å²) in [5, 5.41) is 0.798. The first-order valence-electron chi connectivity index (χ1n) is 5.52. The lowest BCUT2D eigenvalue weighted by atomic mass is 10.2. The normalized spacial score (nSPS) is 11.2. The van der Waals surface area contributed by atoms with Crippen molar-refractivity contribution in [2.45, 2.75) is 6.42 Å². The summed E-state index contributed by atoms with van der Waals surface area (Å²) < 4.78 is 0. The molecule has 1 aromatic carbocycles. The van der Waals surface area contributed by atoms with Crippen LogP contribution in [0.4, 0.5) is 0 Å². The molecule has 1 nitrogen and oxygen atoms in total. The molecule has 88 valence electrons. The van der Waals surface area contributed by atoms with Crippen LogP contribution >= 0.6 is 22.9 Å². The Labute approximate surface area is 111 Å². The molecule has 0 aliphatic heterocycles. The summed E-state index contributed by atoms with van der Waals surface area (Å²) in [5.41, 5.74) is 6.54. The van der Waals surface area contributed by atoms with Gasteiger partial charge in [-0.2, -0.15) is 0 Å². The van der Waals surface area contributed by atoms with Gasteiger partial charge in [0.2, 0.25) is 0 Å². The third kappa shape index (κ3) is 3.19. The first-order chi connectivity index (χ1) is 8.31. The van der Waals surface area contributed by atoms with E-state index in [1.807, 2.05) is 24.3 Å². The summed E-state index contributed by atoms with van der Waals surface area (Å²) in [6.07, 6.45) is 5.12. The van der Waals surface area contributed by atoms with Crippen molar-refractivity contribution < 1.29 is 0 Å². The van der Waals surface area contributed by atoms with E-state index in [2.05, 4.69) is 24.3 Å². The lowest BCUT2D eigenvalue weighted by Crippen LogP contribution is -1.94. The summed E-state index contributed by atoms with van der Waals surface area (Å²) in [4.78, 5) is 2.43. The molecule has 2 aromatic rings. The van der Waals surface area contributed by atoms with E-state index in [0.717, 1.165) is 17.0 Å². The zero-order valence-corrected chi connectivity index (χ0v) is 11.0. The van der Waals surface area contributed by atoms with Crippen LogP contribution in [0.25, 0.3) is 16.5 Å². The van der Waals surface area contributed by atoms with Crippen molar-refractivity contribution in [3.63, 3.8) is 0 Å². The Balaban J connectivity index is 2.21. The molecule has 3 heteroatoms. The van der Waals surface area contributed by atoms with E-state index in [1.54, 1.807) is 11.3 Å². The maximum atomic E-state index is 6.17. The monoisotopic (exact) mass is 263 g/mol. The van der Waals surface area contributed by atoms with Crippen LogP contribution in [-0.2, 0) is 0 Å². The molecule has 0 aliphatic carbocycles. The molecule has 0 fully saturated rings. The van der Waals surface area contributed by atoms with Crippen molar-refractivity contribution >= 4 is 29.0 Å². The lowest BCUT2D eigenvalue weighted by Gasteiger charge is -1.99. The molecule has 0 amide bonds. The van der Waals surface area contributed by atoms with Gasteiger partial charge in [-0.15, -0.1) is 11.3 Å². The second-order valence-corrected chi connectivity index (χ2v) is 5.18. The Hall–Kier alpha value is -1.09. The molecule has 0 saturated heterocycles. The second kappa shape index (κ2) is 6.01. The van der Waals surface area contributed by atoms with E-state index in [4.69, 9.17) is 17.3 Å². The summed E-state index contributed by atoms with van der Waals surface area (Å²) in [6.45, 7) is 0.694. The topological polar surface area (TPSA) is 26.0 Å². The van der Waals surface area contributed by atoms with Crippen molar-refractivity contribution in [3.05, 3.63) is 52.4 Å². The van der Waals surface area contributed by atoms with Gasteiger partial charge in [-0.1, -0.05) is 35.9 Å². The van der Waals surface area contributed by atoms with Gasteiger partial charge in [-0.3, -0.25) is 0 Å². The largest absolute Gasteiger partial charge is 0.330 e. The smallest absolute Gasteiger partial charge is 0.0492 e. The predicted octanol–water partition coefficient (Wildman–Crippen LogP) is 4.43. The minimum Gasteiger partial charge on any atom is -0.330 e. The average Bonchev–Trinajstić information content (AvgIpc) is 2.79. The van der Waals surface area contributed by atoms with Crippen LogP contribution in [0.15, 0.2) is 42.5 Å². The first kappa shape index (κ1) is 12.4. The van der Waals surface area contributed by atoms with Crippen molar-refractivity contribution in [1.82, 2.24) is 0 Å². The molecule has 0 bridgehead atoms. The van der Waals surface area contributed by atoms with E-state index in [1.165, 1.54) is 9.75 Å². The fraction of sp³-hybridized carbons (Fsp3) is 0.143. The van der Waals surface area contributed by atoms with Crippen molar-refractivity contribution in [2.24, 2.45) is 5.73 Å². The molecule has 0 radical (unpaired) electrons. The minimum atomic E-state index is 0.694. The van der Waals surface area contributed by atoms with Gasteiger partial charge in [0.25, 0.3) is 0 Å². The number of rotatable bonds is 4. The zero-order valence-electron chi connectivity index (χ0n) is 9.40. The maximum absolute atomic E-state index is 6.17. The van der Waals surface area contributed by atoms with Crippen LogP contribution in [0, 0.1) is 0 Å². The maximum Gasteiger partial charge on any atom is 0.0492 e. The Morgan fingerprint density at radius 2 is 2.00 bits per heavy atom. The molecule has 0 unspecified atom stereocenters. The van der Waals surface area contributed by atoms with Crippen molar-refractivity contribution in [3.8, 4) is 10.4 Å². The summed E-state index contributed by atoms with van der Waals surface area (Å²) >= 11 is 7.91. The van der Waals surface area contributed by atoms with Gasteiger partial charge in [0.15, 0.2) is 0 Å². The van der Waals surface area contributed by atoms with Gasteiger partial charge < -0.3 is 5.73 Å². The number of thiophene rings is 1. The molecule has 0 atom stereocenters. The third-order valence-corrected chi connectivity index (χ3v) is 3.79. The highest BCUT2D eigenvalue weighted by atomic mass is 35.5. The highest BCUT2D eigenvalue weighted by molar-refractivity contribution is 7.16. The van der Waals surface area contributed by atoms with Gasteiger partial charge in [-0.05, 0) is 37.2 Å². The number of hydrogen-bond donors (Lipinski definition) is 1. The highest BCUT2D eigenvalue weighted by Gasteiger charge is 2.04. The van der Waals surface area contributed by atoms with Gasteiger partial charge in [0, 0.05) is 20.3 Å². The molecule has 0 aliphatic rings. The Morgan fingerprint density at radius 1 is 1.18 bits per heavy atom. The molecule has 0 saturated carbocycles. The van der Waals surface area contributed by atoms with Gasteiger partial charge >= 0.3 is 0 Å². The summed E-state index contributed by atoms with van der Waals surface area (Å²) in [6, 6.07) is 12.1. The van der Waals surface area contributed by atoms with E-state index < -0.39 is 0 Å². The summed E-state index contributed by atoms with van der Waals surface area (Å²) in [5.74, 6) is 0. The lowest BCUT2D eigenvalue weighted by molar-refractivity contribution is 1.01. The quantitative estimate of drug-likeness (QED) is 0.868. The number of nitrogens with two attached hydrogens (primary N) is 1. The van der Waals surface area contributed by atoms with Crippen molar-refractivity contribution in [2.75, 3.05) is 6.54 Å². The van der Waals surface area contributed by atoms with Gasteiger partial charge in [-0.25, -0.2) is 0 Å². The minimum absolute atomic E-state index is 0.694. The van der Waals surface area contributed by atoms with Crippen LogP contribution in [0.5, 0.6) is 0 Å². The van der Waals surface area contributed by atoms with Gasteiger partial charge in [0.1, 0.15) is 0 Å². The molecule has 2 N–H and O–H groups in total. The summed E-state index contributed by atoms with van der Waals surface area (Å²) in [7, 11) is 0. The molecule has 1 heterocycles. The Kier molecular flexibility index (Phi) is 4.37. The molecule has 17 heavy (non-hydrogen) atoms. The van der Waals surface area contributed by atoms with E-state index in [0.29, 0.717) is 6.54 Å². The van der Waals surface area contributed by atoms with Crippen LogP contribution in [0.1, 0.15) is 11.3 Å². The van der Waals surface area contributed by atoms with Gasteiger partial charge in [0.05, 0.1) is 0 Å². The number of benzene rings is 1. The van der Waals surface area contributed by atoms with E-state index >= 15 is 0 Å². The van der Waals surface area contributed by atoms with Crippen LogP contribution < -0.4 is 5.73 Å². The average molecular weight is 264 g/mol. The number of hydrogen-bond acceptors (Lipinski definition) is 2. The second-order valence-electron chi connectivity index (χ2n) is 3.66. The van der Waals surface area contributed by atoms with Crippen LogP contribution in [0.3, 0.4) is 0 Å². The van der Waals surface area contributed by atoms with E-state index in [9.17, 15) is 0 Å². The molecule has 2 rings (SSSR count). The molecule has 1 aromatic heterocycles.